The second-order valence-electron chi connectivity index (χ2n) is 6.96. The van der Waals surface area contributed by atoms with E-state index in [2.05, 4.69) is 5.32 Å². The average Bonchev–Trinajstić information content (AvgIpc) is 2.79. The fourth-order valence-electron chi connectivity index (χ4n) is 3.50. The van der Waals surface area contributed by atoms with Crippen molar-refractivity contribution in [2.75, 3.05) is 14.2 Å². The van der Waals surface area contributed by atoms with E-state index in [1.54, 1.807) is 37.4 Å². The molecule has 4 rings (SSSR count). The first kappa shape index (κ1) is 20.2. The van der Waals surface area contributed by atoms with Crippen LogP contribution in [0.2, 0.25) is 0 Å². The maximum atomic E-state index is 13.1. The summed E-state index contributed by atoms with van der Waals surface area (Å²) in [4.78, 5) is 39.0. The van der Waals surface area contributed by atoms with Crippen molar-refractivity contribution in [3.05, 3.63) is 77.4 Å². The zero-order valence-electron chi connectivity index (χ0n) is 17.0. The Morgan fingerprint density at radius 2 is 1.65 bits per heavy atom. The van der Waals surface area contributed by atoms with Gasteiger partial charge in [0.15, 0.2) is 0 Å². The third-order valence-electron chi connectivity index (χ3n) is 5.12. The van der Waals surface area contributed by atoms with Gasteiger partial charge in [-0.15, -0.1) is 0 Å². The molecule has 1 N–H and O–H groups in total. The van der Waals surface area contributed by atoms with E-state index >= 15 is 0 Å². The number of carbonyl (C=O) groups is 3. The van der Waals surface area contributed by atoms with Crippen molar-refractivity contribution in [1.29, 1.82) is 0 Å². The third kappa shape index (κ3) is 3.85. The van der Waals surface area contributed by atoms with Gasteiger partial charge in [-0.1, -0.05) is 42.5 Å². The Bertz CT molecular complexity index is 1210. The molecule has 1 aliphatic heterocycles. The van der Waals surface area contributed by atoms with Crippen LogP contribution >= 0.6 is 0 Å². The maximum absolute atomic E-state index is 13.1. The topological polar surface area (TPSA) is 84.9 Å². The van der Waals surface area contributed by atoms with Gasteiger partial charge in [0, 0.05) is 5.56 Å². The molecule has 1 heterocycles. The van der Waals surface area contributed by atoms with Crippen LogP contribution in [0.15, 0.2) is 66.2 Å². The van der Waals surface area contributed by atoms with Crippen molar-refractivity contribution >= 4 is 34.7 Å². The fourth-order valence-corrected chi connectivity index (χ4v) is 3.50. The number of nitrogens with one attached hydrogen (secondary N) is 1. The minimum Gasteiger partial charge on any atom is -0.497 e. The van der Waals surface area contributed by atoms with Gasteiger partial charge in [0.25, 0.3) is 11.8 Å². The van der Waals surface area contributed by atoms with E-state index in [4.69, 9.17) is 9.47 Å². The van der Waals surface area contributed by atoms with Crippen LogP contribution in [0.3, 0.4) is 0 Å². The lowest BCUT2D eigenvalue weighted by Crippen LogP contribution is -2.53. The smallest absolute Gasteiger partial charge is 0.331 e. The minimum atomic E-state index is -0.757. The van der Waals surface area contributed by atoms with Crippen molar-refractivity contribution in [2.24, 2.45) is 0 Å². The summed E-state index contributed by atoms with van der Waals surface area (Å²) in [5.41, 5.74) is 1.18. The first-order valence-corrected chi connectivity index (χ1v) is 9.59. The van der Waals surface area contributed by atoms with E-state index in [0.717, 1.165) is 21.2 Å². The molecule has 1 fully saturated rings. The molecule has 0 atom stereocenters. The highest BCUT2D eigenvalue weighted by Crippen LogP contribution is 2.31. The molecule has 0 spiro atoms. The van der Waals surface area contributed by atoms with E-state index in [-0.39, 0.29) is 12.1 Å². The van der Waals surface area contributed by atoms with Crippen molar-refractivity contribution in [2.45, 2.75) is 6.54 Å². The summed E-state index contributed by atoms with van der Waals surface area (Å²) in [7, 11) is 3.08. The number of amides is 4. The Balaban J connectivity index is 1.73. The molecule has 1 aliphatic rings. The Hall–Kier alpha value is -4.13. The molecule has 0 bridgehead atoms. The number of hydrogen-bond acceptors (Lipinski definition) is 5. The molecule has 7 nitrogen and oxygen atoms in total. The number of methoxy groups -OCH3 is 2. The predicted molar refractivity (Wildman–Crippen MR) is 116 cm³/mol. The molecule has 1 saturated heterocycles. The van der Waals surface area contributed by atoms with E-state index in [0.29, 0.717) is 17.1 Å². The molecule has 0 saturated carbocycles. The van der Waals surface area contributed by atoms with Gasteiger partial charge in [-0.2, -0.15) is 0 Å². The summed E-state index contributed by atoms with van der Waals surface area (Å²) >= 11 is 0. The Labute approximate surface area is 178 Å². The van der Waals surface area contributed by atoms with Gasteiger partial charge in [0.2, 0.25) is 0 Å². The number of nitrogens with zero attached hydrogens (tertiary/aromatic N) is 1. The molecule has 4 amide bonds. The van der Waals surface area contributed by atoms with Gasteiger partial charge in [-0.3, -0.25) is 19.8 Å². The van der Waals surface area contributed by atoms with Gasteiger partial charge in [0.1, 0.15) is 17.1 Å². The molecule has 3 aromatic carbocycles. The first-order chi connectivity index (χ1) is 15.0. The second kappa shape index (κ2) is 8.31. The van der Waals surface area contributed by atoms with Crippen LogP contribution in [-0.2, 0) is 16.1 Å². The first-order valence-electron chi connectivity index (χ1n) is 9.59. The van der Waals surface area contributed by atoms with Crippen molar-refractivity contribution in [3.8, 4) is 11.5 Å². The second-order valence-corrected chi connectivity index (χ2v) is 6.96. The monoisotopic (exact) mass is 416 g/mol. The SMILES string of the molecule is COc1ccc(CN2C(=O)NC(=O)/C(=C/c3c(OC)ccc4ccccc34)C2=O)cc1. The highest BCUT2D eigenvalue weighted by Gasteiger charge is 2.36. The summed E-state index contributed by atoms with van der Waals surface area (Å²) in [6, 6.07) is 17.5. The molecule has 0 radical (unpaired) electrons. The molecule has 0 aromatic heterocycles. The molecule has 7 heteroatoms. The lowest BCUT2D eigenvalue weighted by atomic mass is 9.99. The molecule has 0 aliphatic carbocycles. The summed E-state index contributed by atoms with van der Waals surface area (Å²) in [6.45, 7) is 0.0198. The third-order valence-corrected chi connectivity index (χ3v) is 5.12. The molecule has 156 valence electrons. The number of urea groups is 1. The lowest BCUT2D eigenvalue weighted by Gasteiger charge is -2.26. The highest BCUT2D eigenvalue weighted by atomic mass is 16.5. The summed E-state index contributed by atoms with van der Waals surface area (Å²) in [5.74, 6) is -0.224. The number of carbonyl (C=O) groups excluding carboxylic acids is 3. The lowest BCUT2D eigenvalue weighted by molar-refractivity contribution is -0.130. The van der Waals surface area contributed by atoms with Crippen LogP contribution in [0.1, 0.15) is 11.1 Å². The quantitative estimate of drug-likeness (QED) is 0.508. The number of barbiturate groups is 1. The average molecular weight is 416 g/mol. The van der Waals surface area contributed by atoms with E-state index in [9.17, 15) is 14.4 Å². The van der Waals surface area contributed by atoms with Crippen molar-refractivity contribution < 1.29 is 23.9 Å². The Morgan fingerprint density at radius 3 is 2.35 bits per heavy atom. The summed E-state index contributed by atoms with van der Waals surface area (Å²) < 4.78 is 10.6. The van der Waals surface area contributed by atoms with Crippen LogP contribution < -0.4 is 14.8 Å². The van der Waals surface area contributed by atoms with E-state index < -0.39 is 17.8 Å². The van der Waals surface area contributed by atoms with Crippen LogP contribution in [0.5, 0.6) is 11.5 Å². The van der Waals surface area contributed by atoms with E-state index in [1.807, 2.05) is 30.3 Å². The van der Waals surface area contributed by atoms with Gasteiger partial charge in [0.05, 0.1) is 20.8 Å². The molecule has 31 heavy (non-hydrogen) atoms. The summed E-state index contributed by atoms with van der Waals surface area (Å²) in [5, 5.41) is 4.01. The van der Waals surface area contributed by atoms with Crippen LogP contribution in [0.4, 0.5) is 4.79 Å². The highest BCUT2D eigenvalue weighted by molar-refractivity contribution is 6.31. The van der Waals surface area contributed by atoms with Gasteiger partial charge in [-0.05, 0) is 40.6 Å². The van der Waals surface area contributed by atoms with Crippen LogP contribution in [-0.4, -0.2) is 37.0 Å². The number of rotatable bonds is 5. The van der Waals surface area contributed by atoms with E-state index in [1.165, 1.54) is 13.2 Å². The van der Waals surface area contributed by atoms with Gasteiger partial charge in [-0.25, -0.2) is 4.79 Å². The molecular weight excluding hydrogens is 396 g/mol. The fraction of sp³-hybridized carbons (Fsp3) is 0.125. The number of ether oxygens (including phenoxy) is 2. The Morgan fingerprint density at radius 1 is 0.903 bits per heavy atom. The van der Waals surface area contributed by atoms with Crippen LogP contribution in [0.25, 0.3) is 16.8 Å². The maximum Gasteiger partial charge on any atom is 0.331 e. The molecule has 0 unspecified atom stereocenters. The molecular formula is C24H20N2O5. The normalized spacial score (nSPS) is 15.4. The number of hydrogen-bond donors (Lipinski definition) is 1. The van der Waals surface area contributed by atoms with Gasteiger partial charge >= 0.3 is 6.03 Å². The number of benzene rings is 3. The van der Waals surface area contributed by atoms with Crippen molar-refractivity contribution in [1.82, 2.24) is 10.2 Å². The largest absolute Gasteiger partial charge is 0.497 e. The zero-order valence-corrected chi connectivity index (χ0v) is 17.0. The predicted octanol–water partition coefficient (Wildman–Crippen LogP) is 3.52. The van der Waals surface area contributed by atoms with Crippen LogP contribution in [0, 0.1) is 0 Å². The Kier molecular flexibility index (Phi) is 5.41. The number of imide groups is 2. The summed E-state index contributed by atoms with van der Waals surface area (Å²) in [6.07, 6.45) is 1.48. The minimum absolute atomic E-state index is 0.0198. The standard InChI is InChI=1S/C24H20N2O5/c1-30-17-10-7-15(8-11-17)14-26-23(28)20(22(27)25-24(26)29)13-19-18-6-4-3-5-16(18)9-12-21(19)31-2/h3-13H,14H2,1-2H3,(H,25,27,29)/b20-13-. The van der Waals surface area contributed by atoms with Crippen molar-refractivity contribution in [3.63, 3.8) is 0 Å². The molecule has 3 aromatic rings. The number of fused-ring (bicyclic) bond motifs is 1. The zero-order chi connectivity index (χ0) is 22.0. The van der Waals surface area contributed by atoms with Gasteiger partial charge < -0.3 is 9.47 Å².